The average Bonchev–Trinajstić information content (AvgIpc) is 2.36. The van der Waals surface area contributed by atoms with Crippen LogP contribution in [0.3, 0.4) is 0 Å². The summed E-state index contributed by atoms with van der Waals surface area (Å²) in [6.45, 7) is 4.28. The number of amides is 2. The van der Waals surface area contributed by atoms with Crippen molar-refractivity contribution in [2.24, 2.45) is 5.73 Å². The summed E-state index contributed by atoms with van der Waals surface area (Å²) in [5.74, 6) is 0. The Morgan fingerprint density at radius 2 is 1.94 bits per heavy atom. The topological polar surface area (TPSA) is 76.4 Å². The molecule has 0 saturated heterocycles. The second kappa shape index (κ2) is 6.98. The van der Waals surface area contributed by atoms with Gasteiger partial charge in [0.2, 0.25) is 0 Å². The van der Waals surface area contributed by atoms with E-state index in [4.69, 9.17) is 10.5 Å². The van der Waals surface area contributed by atoms with Crippen LogP contribution in [-0.4, -0.2) is 25.8 Å². The molecule has 0 heterocycles. The van der Waals surface area contributed by atoms with E-state index in [1.165, 1.54) is 0 Å². The van der Waals surface area contributed by atoms with Crippen molar-refractivity contribution in [2.75, 3.05) is 19.0 Å². The molecule has 0 radical (unpaired) electrons. The first-order valence-corrected chi connectivity index (χ1v) is 5.96. The Balaban J connectivity index is 2.44. The molecule has 0 fully saturated rings. The number of nitrogens with one attached hydrogen (secondary N) is 2. The van der Waals surface area contributed by atoms with Crippen LogP contribution in [0.25, 0.3) is 0 Å². The van der Waals surface area contributed by atoms with E-state index in [9.17, 15) is 4.79 Å². The Morgan fingerprint density at radius 3 is 2.44 bits per heavy atom. The maximum atomic E-state index is 11.5. The highest BCUT2D eigenvalue weighted by Gasteiger charge is 2.05. The van der Waals surface area contributed by atoms with Gasteiger partial charge in [0.25, 0.3) is 0 Å². The van der Waals surface area contributed by atoms with Crippen LogP contribution in [0.15, 0.2) is 24.3 Å². The molecule has 2 amide bonds. The highest BCUT2D eigenvalue weighted by Crippen LogP contribution is 2.13. The first-order valence-electron chi connectivity index (χ1n) is 5.96. The van der Waals surface area contributed by atoms with Gasteiger partial charge in [-0.3, -0.25) is 0 Å². The van der Waals surface area contributed by atoms with Crippen LogP contribution in [0.5, 0.6) is 0 Å². The third kappa shape index (κ3) is 4.73. The predicted octanol–water partition coefficient (Wildman–Crippen LogP) is 1.86. The van der Waals surface area contributed by atoms with Crippen molar-refractivity contribution in [1.29, 1.82) is 0 Å². The van der Waals surface area contributed by atoms with Crippen LogP contribution in [0, 0.1) is 0 Å². The Bertz CT molecular complexity index is 376. The molecule has 1 aromatic rings. The van der Waals surface area contributed by atoms with Crippen LogP contribution in [-0.2, 0) is 4.74 Å². The van der Waals surface area contributed by atoms with Crippen molar-refractivity contribution >= 4 is 11.7 Å². The molecule has 1 aromatic carbocycles. The molecular weight excluding hydrogens is 230 g/mol. The summed E-state index contributed by atoms with van der Waals surface area (Å²) < 4.78 is 5.04. The average molecular weight is 251 g/mol. The summed E-state index contributed by atoms with van der Waals surface area (Å²) >= 11 is 0. The van der Waals surface area contributed by atoms with Crippen LogP contribution in [0.4, 0.5) is 10.5 Å². The van der Waals surface area contributed by atoms with E-state index in [1.807, 2.05) is 38.1 Å². The normalized spacial score (nSPS) is 13.8. The summed E-state index contributed by atoms with van der Waals surface area (Å²) in [5.41, 5.74) is 7.52. The number of hydrogen-bond acceptors (Lipinski definition) is 3. The first-order chi connectivity index (χ1) is 8.52. The quantitative estimate of drug-likeness (QED) is 0.747. The number of benzene rings is 1. The van der Waals surface area contributed by atoms with Gasteiger partial charge in [-0.15, -0.1) is 0 Å². The van der Waals surface area contributed by atoms with E-state index in [0.717, 1.165) is 11.3 Å². The Labute approximate surface area is 108 Å². The first kappa shape index (κ1) is 14.5. The number of urea groups is 1. The molecule has 5 nitrogen and oxygen atoms in total. The van der Waals surface area contributed by atoms with E-state index < -0.39 is 0 Å². The zero-order chi connectivity index (χ0) is 13.5. The highest BCUT2D eigenvalue weighted by molar-refractivity contribution is 5.89. The molecule has 0 spiro atoms. The second-order valence-electron chi connectivity index (χ2n) is 4.29. The Hall–Kier alpha value is -1.59. The lowest BCUT2D eigenvalue weighted by atomic mass is 10.1. The summed E-state index contributed by atoms with van der Waals surface area (Å²) in [4.78, 5) is 11.5. The number of methoxy groups -OCH3 is 1. The van der Waals surface area contributed by atoms with Crippen molar-refractivity contribution in [2.45, 2.75) is 26.0 Å². The minimum absolute atomic E-state index is 0.00350. The predicted molar refractivity (Wildman–Crippen MR) is 72.5 cm³/mol. The lowest BCUT2D eigenvalue weighted by Gasteiger charge is -2.12. The third-order valence-corrected chi connectivity index (χ3v) is 2.65. The van der Waals surface area contributed by atoms with Gasteiger partial charge in [-0.05, 0) is 31.5 Å². The smallest absolute Gasteiger partial charge is 0.319 e. The molecule has 2 unspecified atom stereocenters. The zero-order valence-corrected chi connectivity index (χ0v) is 11.1. The molecule has 100 valence electrons. The maximum absolute atomic E-state index is 11.5. The monoisotopic (exact) mass is 251 g/mol. The maximum Gasteiger partial charge on any atom is 0.319 e. The Morgan fingerprint density at radius 1 is 1.33 bits per heavy atom. The number of nitrogens with two attached hydrogens (primary N) is 1. The van der Waals surface area contributed by atoms with Crippen molar-refractivity contribution in [3.63, 3.8) is 0 Å². The minimum Gasteiger partial charge on any atom is -0.380 e. The molecule has 5 heteroatoms. The third-order valence-electron chi connectivity index (χ3n) is 2.65. The summed E-state index contributed by atoms with van der Waals surface area (Å²) in [7, 11) is 1.61. The molecule has 1 rings (SSSR count). The minimum atomic E-state index is -0.243. The van der Waals surface area contributed by atoms with Gasteiger partial charge in [-0.2, -0.15) is 0 Å². The lowest BCUT2D eigenvalue weighted by Crippen LogP contribution is -2.34. The molecule has 0 aliphatic heterocycles. The fourth-order valence-electron chi connectivity index (χ4n) is 1.37. The number of hydrogen-bond donors (Lipinski definition) is 3. The fourth-order valence-corrected chi connectivity index (χ4v) is 1.37. The van der Waals surface area contributed by atoms with Gasteiger partial charge in [0.1, 0.15) is 0 Å². The molecule has 0 saturated carbocycles. The van der Waals surface area contributed by atoms with Crippen LogP contribution in [0.1, 0.15) is 25.5 Å². The van der Waals surface area contributed by atoms with Gasteiger partial charge >= 0.3 is 6.03 Å². The lowest BCUT2D eigenvalue weighted by molar-refractivity contribution is 0.119. The van der Waals surface area contributed by atoms with E-state index in [-0.39, 0.29) is 18.2 Å². The molecule has 4 N–H and O–H groups in total. The Kier molecular flexibility index (Phi) is 5.61. The van der Waals surface area contributed by atoms with Gasteiger partial charge in [0.05, 0.1) is 6.10 Å². The van der Waals surface area contributed by atoms with E-state index in [2.05, 4.69) is 10.6 Å². The van der Waals surface area contributed by atoms with Gasteiger partial charge in [0.15, 0.2) is 0 Å². The second-order valence-corrected chi connectivity index (χ2v) is 4.29. The SMILES string of the molecule is COC(C)CNC(=O)Nc1ccc(C(C)N)cc1. The number of carbonyl (C=O) groups is 1. The van der Waals surface area contributed by atoms with Gasteiger partial charge < -0.3 is 21.1 Å². The van der Waals surface area contributed by atoms with Crippen molar-refractivity contribution < 1.29 is 9.53 Å². The van der Waals surface area contributed by atoms with E-state index >= 15 is 0 Å². The van der Waals surface area contributed by atoms with Crippen molar-refractivity contribution in [3.8, 4) is 0 Å². The molecule has 18 heavy (non-hydrogen) atoms. The number of anilines is 1. The zero-order valence-electron chi connectivity index (χ0n) is 11.1. The molecule has 0 aromatic heterocycles. The number of ether oxygens (including phenoxy) is 1. The van der Waals surface area contributed by atoms with Gasteiger partial charge in [-0.25, -0.2) is 4.79 Å². The molecular formula is C13H21N3O2. The molecule has 0 bridgehead atoms. The molecule has 0 aliphatic carbocycles. The summed E-state index contributed by atoms with van der Waals surface area (Å²) in [6.07, 6.45) is -0.00350. The van der Waals surface area contributed by atoms with E-state index in [0.29, 0.717) is 6.54 Å². The van der Waals surface area contributed by atoms with E-state index in [1.54, 1.807) is 7.11 Å². The molecule has 2 atom stereocenters. The largest absolute Gasteiger partial charge is 0.380 e. The standard InChI is InChI=1S/C13H21N3O2/c1-9(18-3)8-15-13(17)16-12-6-4-11(5-7-12)10(2)14/h4-7,9-10H,8,14H2,1-3H3,(H2,15,16,17). The summed E-state index contributed by atoms with van der Waals surface area (Å²) in [5, 5.41) is 5.46. The summed E-state index contributed by atoms with van der Waals surface area (Å²) in [6, 6.07) is 7.22. The van der Waals surface area contributed by atoms with Crippen LogP contribution < -0.4 is 16.4 Å². The van der Waals surface area contributed by atoms with Gasteiger partial charge in [0, 0.05) is 25.4 Å². The van der Waals surface area contributed by atoms with Crippen LogP contribution in [0.2, 0.25) is 0 Å². The number of rotatable bonds is 5. The fraction of sp³-hybridized carbons (Fsp3) is 0.462. The number of carbonyl (C=O) groups excluding carboxylic acids is 1. The molecule has 0 aliphatic rings. The van der Waals surface area contributed by atoms with Crippen LogP contribution >= 0.6 is 0 Å². The highest BCUT2D eigenvalue weighted by atomic mass is 16.5. The van der Waals surface area contributed by atoms with Gasteiger partial charge in [-0.1, -0.05) is 12.1 Å². The van der Waals surface area contributed by atoms with Crippen molar-refractivity contribution in [3.05, 3.63) is 29.8 Å². The van der Waals surface area contributed by atoms with Crippen molar-refractivity contribution in [1.82, 2.24) is 5.32 Å².